The summed E-state index contributed by atoms with van der Waals surface area (Å²) in [6, 6.07) is 4.90. The molecule has 19 heavy (non-hydrogen) atoms. The molecule has 1 fully saturated rings. The third-order valence-corrected chi connectivity index (χ3v) is 3.19. The summed E-state index contributed by atoms with van der Waals surface area (Å²) in [5, 5.41) is 23.6. The molecule has 0 heterocycles. The summed E-state index contributed by atoms with van der Waals surface area (Å²) in [5.74, 6) is 0.367. The van der Waals surface area contributed by atoms with Crippen molar-refractivity contribution in [3.63, 3.8) is 0 Å². The maximum Gasteiger partial charge on any atom is 0.274 e. The Kier molecular flexibility index (Phi) is 4.73. The van der Waals surface area contributed by atoms with Gasteiger partial charge in [0.25, 0.3) is 5.69 Å². The summed E-state index contributed by atoms with van der Waals surface area (Å²) in [6.45, 7) is 0.577. The molecule has 1 aliphatic carbocycles. The van der Waals surface area contributed by atoms with Gasteiger partial charge in [-0.05, 0) is 18.9 Å². The van der Waals surface area contributed by atoms with Crippen LogP contribution >= 0.6 is 15.9 Å². The van der Waals surface area contributed by atoms with Crippen molar-refractivity contribution < 1.29 is 14.8 Å². The van der Waals surface area contributed by atoms with Gasteiger partial charge in [0.05, 0.1) is 11.0 Å². The van der Waals surface area contributed by atoms with Crippen molar-refractivity contribution in [3.05, 3.63) is 32.8 Å². The number of aliphatic hydroxyl groups excluding tert-OH is 1. The summed E-state index contributed by atoms with van der Waals surface area (Å²) in [7, 11) is 0. The number of nitro benzene ring substituents is 1. The Labute approximate surface area is 119 Å². The number of aliphatic hydroxyl groups is 1. The van der Waals surface area contributed by atoms with Gasteiger partial charge < -0.3 is 15.2 Å². The lowest BCUT2D eigenvalue weighted by Crippen LogP contribution is -2.32. The molecule has 2 N–H and O–H groups in total. The zero-order chi connectivity index (χ0) is 13.8. The van der Waals surface area contributed by atoms with Gasteiger partial charge in [-0.15, -0.1) is 0 Å². The van der Waals surface area contributed by atoms with Gasteiger partial charge in [0.1, 0.15) is 18.5 Å². The lowest BCUT2D eigenvalue weighted by molar-refractivity contribution is -0.385. The number of nitrogens with one attached hydrogen (secondary N) is 1. The van der Waals surface area contributed by atoms with Crippen molar-refractivity contribution in [3.8, 4) is 5.75 Å². The van der Waals surface area contributed by atoms with E-state index in [-0.39, 0.29) is 12.3 Å². The molecule has 1 unspecified atom stereocenters. The fourth-order valence-electron chi connectivity index (χ4n) is 1.58. The molecule has 0 amide bonds. The molecule has 0 bridgehead atoms. The molecule has 0 saturated heterocycles. The van der Waals surface area contributed by atoms with Crippen LogP contribution in [0.1, 0.15) is 12.8 Å². The monoisotopic (exact) mass is 330 g/mol. The second-order valence-corrected chi connectivity index (χ2v) is 5.47. The van der Waals surface area contributed by atoms with E-state index < -0.39 is 11.0 Å². The van der Waals surface area contributed by atoms with Crippen LogP contribution in [0.2, 0.25) is 0 Å². The molecule has 1 aliphatic rings. The SMILES string of the molecule is O=[N+]([O-])c1cc(Br)cc(OCC(O)CNC2CC2)c1. The summed E-state index contributed by atoms with van der Waals surface area (Å²) in [6.07, 6.45) is 1.69. The van der Waals surface area contributed by atoms with Crippen LogP contribution in [0.15, 0.2) is 22.7 Å². The van der Waals surface area contributed by atoms with E-state index in [4.69, 9.17) is 4.74 Å². The highest BCUT2D eigenvalue weighted by atomic mass is 79.9. The first kappa shape index (κ1) is 14.2. The van der Waals surface area contributed by atoms with Gasteiger partial charge in [0, 0.05) is 23.1 Å². The van der Waals surface area contributed by atoms with Crippen molar-refractivity contribution in [1.82, 2.24) is 5.32 Å². The van der Waals surface area contributed by atoms with Crippen LogP contribution in [0.3, 0.4) is 0 Å². The van der Waals surface area contributed by atoms with Gasteiger partial charge in [0.2, 0.25) is 0 Å². The molecule has 1 aromatic carbocycles. The van der Waals surface area contributed by atoms with Crippen LogP contribution in [0.25, 0.3) is 0 Å². The van der Waals surface area contributed by atoms with Crippen LogP contribution in [0.4, 0.5) is 5.69 Å². The van der Waals surface area contributed by atoms with E-state index in [1.807, 2.05) is 0 Å². The van der Waals surface area contributed by atoms with Crippen molar-refractivity contribution >= 4 is 21.6 Å². The van der Waals surface area contributed by atoms with Gasteiger partial charge in [-0.25, -0.2) is 0 Å². The minimum atomic E-state index is -0.626. The zero-order valence-corrected chi connectivity index (χ0v) is 11.8. The predicted octanol–water partition coefficient (Wildman–Crippen LogP) is 1.85. The number of hydrogen-bond acceptors (Lipinski definition) is 5. The second kappa shape index (κ2) is 6.31. The molecule has 1 atom stereocenters. The van der Waals surface area contributed by atoms with Crippen molar-refractivity contribution in [2.24, 2.45) is 0 Å². The molecule has 1 aromatic rings. The Balaban J connectivity index is 1.85. The summed E-state index contributed by atoms with van der Waals surface area (Å²) >= 11 is 3.19. The Morgan fingerprint density at radius 2 is 2.26 bits per heavy atom. The Morgan fingerprint density at radius 3 is 2.89 bits per heavy atom. The van der Waals surface area contributed by atoms with Crippen LogP contribution < -0.4 is 10.1 Å². The minimum Gasteiger partial charge on any atom is -0.491 e. The third kappa shape index (κ3) is 4.77. The first-order valence-electron chi connectivity index (χ1n) is 6.04. The summed E-state index contributed by atoms with van der Waals surface area (Å²) in [4.78, 5) is 10.2. The third-order valence-electron chi connectivity index (χ3n) is 2.73. The van der Waals surface area contributed by atoms with E-state index >= 15 is 0 Å². The molecule has 0 spiro atoms. The molecule has 7 heteroatoms. The molecule has 104 valence electrons. The zero-order valence-electron chi connectivity index (χ0n) is 10.2. The number of nitro groups is 1. The first-order valence-corrected chi connectivity index (χ1v) is 6.83. The molecule has 6 nitrogen and oxygen atoms in total. The standard InChI is InChI=1S/C12H15BrN2O4/c13-8-3-10(15(17)18)5-12(4-8)19-7-11(16)6-14-9-1-2-9/h3-5,9,11,14,16H,1-2,6-7H2. The van der Waals surface area contributed by atoms with Crippen molar-refractivity contribution in [1.29, 1.82) is 0 Å². The number of halogens is 1. The highest BCUT2D eigenvalue weighted by molar-refractivity contribution is 9.10. The maximum absolute atomic E-state index is 10.7. The summed E-state index contributed by atoms with van der Waals surface area (Å²) < 4.78 is 5.94. The van der Waals surface area contributed by atoms with Gasteiger partial charge in [-0.2, -0.15) is 0 Å². The number of benzene rings is 1. The minimum absolute atomic E-state index is 0.0463. The first-order chi connectivity index (χ1) is 9.04. The van der Waals surface area contributed by atoms with E-state index in [0.29, 0.717) is 22.8 Å². The largest absolute Gasteiger partial charge is 0.491 e. The Morgan fingerprint density at radius 1 is 1.53 bits per heavy atom. The van der Waals surface area contributed by atoms with Gasteiger partial charge >= 0.3 is 0 Å². The number of hydrogen-bond donors (Lipinski definition) is 2. The fourth-order valence-corrected chi connectivity index (χ4v) is 2.04. The normalized spacial score (nSPS) is 16.1. The average Bonchev–Trinajstić information content (AvgIpc) is 3.17. The Hall–Kier alpha value is -1.18. The maximum atomic E-state index is 10.7. The van der Waals surface area contributed by atoms with E-state index in [9.17, 15) is 15.2 Å². The molecular formula is C12H15BrN2O4. The van der Waals surface area contributed by atoms with Crippen LogP contribution in [0.5, 0.6) is 5.75 Å². The van der Waals surface area contributed by atoms with Crippen molar-refractivity contribution in [2.45, 2.75) is 25.0 Å². The van der Waals surface area contributed by atoms with Crippen LogP contribution in [-0.4, -0.2) is 35.3 Å². The molecule has 2 rings (SSSR count). The topological polar surface area (TPSA) is 84.6 Å². The average molecular weight is 331 g/mol. The highest BCUT2D eigenvalue weighted by Gasteiger charge is 2.21. The van der Waals surface area contributed by atoms with E-state index in [1.54, 1.807) is 6.07 Å². The molecule has 0 aliphatic heterocycles. The predicted molar refractivity (Wildman–Crippen MR) is 73.3 cm³/mol. The Bertz CT molecular complexity index is 465. The molecule has 0 radical (unpaired) electrons. The second-order valence-electron chi connectivity index (χ2n) is 4.55. The molecule has 1 saturated carbocycles. The molecule has 0 aromatic heterocycles. The van der Waals surface area contributed by atoms with E-state index in [2.05, 4.69) is 21.2 Å². The van der Waals surface area contributed by atoms with Crippen molar-refractivity contribution in [2.75, 3.05) is 13.2 Å². The number of non-ortho nitro benzene ring substituents is 1. The lowest BCUT2D eigenvalue weighted by atomic mass is 10.3. The highest BCUT2D eigenvalue weighted by Crippen LogP contribution is 2.26. The van der Waals surface area contributed by atoms with Gasteiger partial charge in [-0.3, -0.25) is 10.1 Å². The van der Waals surface area contributed by atoms with Gasteiger partial charge in [0.15, 0.2) is 0 Å². The van der Waals surface area contributed by atoms with Gasteiger partial charge in [-0.1, -0.05) is 15.9 Å². The smallest absolute Gasteiger partial charge is 0.274 e. The van der Waals surface area contributed by atoms with E-state index in [0.717, 1.165) is 12.8 Å². The molecular weight excluding hydrogens is 316 g/mol. The van der Waals surface area contributed by atoms with Crippen LogP contribution in [0, 0.1) is 10.1 Å². The number of rotatable bonds is 7. The fraction of sp³-hybridized carbons (Fsp3) is 0.500. The lowest BCUT2D eigenvalue weighted by Gasteiger charge is -2.13. The number of nitrogens with zero attached hydrogens (tertiary/aromatic N) is 1. The summed E-state index contributed by atoms with van der Waals surface area (Å²) in [5.41, 5.74) is -0.0463. The quantitative estimate of drug-likeness (QED) is 0.588. The van der Waals surface area contributed by atoms with E-state index in [1.165, 1.54) is 12.1 Å². The number of ether oxygens (including phenoxy) is 1. The van der Waals surface area contributed by atoms with Crippen LogP contribution in [-0.2, 0) is 0 Å².